The second kappa shape index (κ2) is 9.06. The van der Waals surface area contributed by atoms with Crippen molar-refractivity contribution in [3.8, 4) is 11.5 Å². The van der Waals surface area contributed by atoms with Gasteiger partial charge in [0.15, 0.2) is 11.3 Å². The number of ether oxygens (including phenoxy) is 3. The predicted octanol–water partition coefficient (Wildman–Crippen LogP) is 1.96. The first-order valence-corrected chi connectivity index (χ1v) is 9.78. The number of carbonyl (C=O) groups is 2. The SMILES string of the molecule is CCOC(=O)N1CCN(C(=O)Cc2c(C)c3ccc(OC)c(OC)c3oc2=O)CC1. The van der Waals surface area contributed by atoms with Crippen molar-refractivity contribution in [2.45, 2.75) is 20.3 Å². The lowest BCUT2D eigenvalue weighted by atomic mass is 10.0. The van der Waals surface area contributed by atoms with Crippen LogP contribution in [0.3, 0.4) is 0 Å². The van der Waals surface area contributed by atoms with E-state index in [2.05, 4.69) is 0 Å². The molecular weight excluding hydrogens is 392 g/mol. The number of nitrogens with zero attached hydrogens (tertiary/aromatic N) is 2. The molecular formula is C21H26N2O7. The number of aryl methyl sites for hydroxylation is 1. The van der Waals surface area contributed by atoms with Gasteiger partial charge in [0.2, 0.25) is 11.7 Å². The van der Waals surface area contributed by atoms with Crippen LogP contribution in [0.15, 0.2) is 21.3 Å². The molecule has 9 nitrogen and oxygen atoms in total. The smallest absolute Gasteiger partial charge is 0.409 e. The van der Waals surface area contributed by atoms with Gasteiger partial charge in [-0.25, -0.2) is 9.59 Å². The first-order valence-electron chi connectivity index (χ1n) is 9.78. The molecule has 0 bridgehead atoms. The Balaban J connectivity index is 1.80. The molecule has 2 aromatic rings. The summed E-state index contributed by atoms with van der Waals surface area (Å²) >= 11 is 0. The monoisotopic (exact) mass is 418 g/mol. The van der Waals surface area contributed by atoms with E-state index in [9.17, 15) is 14.4 Å². The molecule has 1 aromatic carbocycles. The Hall–Kier alpha value is -3.23. The zero-order chi connectivity index (χ0) is 21.8. The quantitative estimate of drug-likeness (QED) is 0.685. The maximum absolute atomic E-state index is 12.8. The molecule has 2 amide bonds. The topological polar surface area (TPSA) is 98.5 Å². The van der Waals surface area contributed by atoms with E-state index in [1.807, 2.05) is 0 Å². The van der Waals surface area contributed by atoms with E-state index in [-0.39, 0.29) is 18.4 Å². The van der Waals surface area contributed by atoms with Crippen LogP contribution < -0.4 is 15.1 Å². The van der Waals surface area contributed by atoms with Gasteiger partial charge in [0.05, 0.1) is 32.8 Å². The molecule has 1 saturated heterocycles. The molecule has 2 heterocycles. The number of benzene rings is 1. The third-order valence-electron chi connectivity index (χ3n) is 5.28. The normalized spacial score (nSPS) is 14.0. The number of carbonyl (C=O) groups excluding carboxylic acids is 2. The predicted molar refractivity (Wildman–Crippen MR) is 109 cm³/mol. The highest BCUT2D eigenvalue weighted by Gasteiger charge is 2.26. The molecule has 30 heavy (non-hydrogen) atoms. The Bertz CT molecular complexity index is 1010. The molecule has 1 aromatic heterocycles. The minimum atomic E-state index is -0.579. The van der Waals surface area contributed by atoms with Gasteiger partial charge >= 0.3 is 11.7 Å². The van der Waals surface area contributed by atoms with Gasteiger partial charge in [0.25, 0.3) is 0 Å². The zero-order valence-electron chi connectivity index (χ0n) is 17.6. The summed E-state index contributed by atoms with van der Waals surface area (Å²) in [5.74, 6) is 0.604. The van der Waals surface area contributed by atoms with Crippen molar-refractivity contribution in [3.05, 3.63) is 33.7 Å². The molecule has 162 valence electrons. The standard InChI is InChI=1S/C21H26N2O7/c1-5-29-21(26)23-10-8-22(9-11-23)17(24)12-15-13(2)14-6-7-16(27-3)19(28-4)18(14)30-20(15)25/h6-7H,5,8-12H2,1-4H3. The van der Waals surface area contributed by atoms with Gasteiger partial charge in [0.1, 0.15) is 0 Å². The van der Waals surface area contributed by atoms with Crippen molar-refractivity contribution in [3.63, 3.8) is 0 Å². The van der Waals surface area contributed by atoms with E-state index < -0.39 is 5.63 Å². The van der Waals surface area contributed by atoms with Gasteiger partial charge < -0.3 is 28.4 Å². The van der Waals surface area contributed by atoms with Crippen LogP contribution >= 0.6 is 0 Å². The highest BCUT2D eigenvalue weighted by molar-refractivity contribution is 5.90. The fraction of sp³-hybridized carbons (Fsp3) is 0.476. The lowest BCUT2D eigenvalue weighted by Crippen LogP contribution is -2.51. The van der Waals surface area contributed by atoms with Crippen LogP contribution in [0.5, 0.6) is 11.5 Å². The summed E-state index contributed by atoms with van der Waals surface area (Å²) in [4.78, 5) is 40.5. The Kier molecular flexibility index (Phi) is 6.49. The Morgan fingerprint density at radius 1 is 1.07 bits per heavy atom. The van der Waals surface area contributed by atoms with E-state index in [0.29, 0.717) is 66.4 Å². The highest BCUT2D eigenvalue weighted by Crippen LogP contribution is 2.36. The van der Waals surface area contributed by atoms with Gasteiger partial charge in [-0.1, -0.05) is 0 Å². The molecule has 9 heteroatoms. The number of piperazine rings is 1. The molecule has 1 fully saturated rings. The molecule has 1 aliphatic rings. The Labute approximate surface area is 174 Å². The molecule has 0 N–H and O–H groups in total. The summed E-state index contributed by atoms with van der Waals surface area (Å²) in [7, 11) is 2.98. The third-order valence-corrected chi connectivity index (χ3v) is 5.28. The third kappa shape index (κ3) is 4.05. The number of hydrogen-bond donors (Lipinski definition) is 0. The zero-order valence-corrected chi connectivity index (χ0v) is 17.6. The fourth-order valence-corrected chi connectivity index (χ4v) is 3.59. The van der Waals surface area contributed by atoms with Gasteiger partial charge in [-0.2, -0.15) is 0 Å². The summed E-state index contributed by atoms with van der Waals surface area (Å²) in [6, 6.07) is 3.51. The van der Waals surface area contributed by atoms with E-state index in [1.54, 1.807) is 35.8 Å². The van der Waals surface area contributed by atoms with Crippen LogP contribution in [0.4, 0.5) is 4.79 Å². The lowest BCUT2D eigenvalue weighted by Gasteiger charge is -2.34. The van der Waals surface area contributed by atoms with E-state index in [0.717, 1.165) is 0 Å². The summed E-state index contributed by atoms with van der Waals surface area (Å²) < 4.78 is 21.1. The van der Waals surface area contributed by atoms with E-state index in [4.69, 9.17) is 18.6 Å². The average Bonchev–Trinajstić information content (AvgIpc) is 2.75. The van der Waals surface area contributed by atoms with Gasteiger partial charge in [-0.15, -0.1) is 0 Å². The summed E-state index contributed by atoms with van der Waals surface area (Å²) in [6.07, 6.45) is -0.447. The molecule has 0 spiro atoms. The van der Waals surface area contributed by atoms with Crippen molar-refractivity contribution < 1.29 is 28.2 Å². The Morgan fingerprint density at radius 3 is 2.33 bits per heavy atom. The van der Waals surface area contributed by atoms with Crippen LogP contribution in [-0.4, -0.2) is 68.8 Å². The molecule has 0 aliphatic carbocycles. The van der Waals surface area contributed by atoms with Crippen molar-refractivity contribution in [1.82, 2.24) is 9.80 Å². The number of methoxy groups -OCH3 is 2. The van der Waals surface area contributed by atoms with Crippen molar-refractivity contribution >= 4 is 23.0 Å². The minimum absolute atomic E-state index is 0.0716. The number of fused-ring (bicyclic) bond motifs is 1. The molecule has 3 rings (SSSR count). The van der Waals surface area contributed by atoms with Crippen LogP contribution in [0.1, 0.15) is 18.1 Å². The second-order valence-electron chi connectivity index (χ2n) is 6.91. The summed E-state index contributed by atoms with van der Waals surface area (Å²) in [6.45, 7) is 5.42. The molecule has 0 atom stereocenters. The maximum Gasteiger partial charge on any atom is 0.409 e. The summed E-state index contributed by atoms with van der Waals surface area (Å²) in [5, 5.41) is 0.683. The van der Waals surface area contributed by atoms with Gasteiger partial charge in [-0.05, 0) is 31.5 Å². The number of hydrogen-bond acceptors (Lipinski definition) is 7. The van der Waals surface area contributed by atoms with Crippen molar-refractivity contribution in [1.29, 1.82) is 0 Å². The van der Waals surface area contributed by atoms with Crippen molar-refractivity contribution in [2.24, 2.45) is 0 Å². The van der Waals surface area contributed by atoms with Crippen LogP contribution in [0.25, 0.3) is 11.0 Å². The molecule has 0 radical (unpaired) electrons. The highest BCUT2D eigenvalue weighted by atomic mass is 16.6. The van der Waals surface area contributed by atoms with Gasteiger partial charge in [0, 0.05) is 31.6 Å². The maximum atomic E-state index is 12.8. The van der Waals surface area contributed by atoms with E-state index in [1.165, 1.54) is 14.2 Å². The summed E-state index contributed by atoms with van der Waals surface area (Å²) in [5.41, 5.74) is 0.692. The lowest BCUT2D eigenvalue weighted by molar-refractivity contribution is -0.132. The fourth-order valence-electron chi connectivity index (χ4n) is 3.59. The molecule has 0 saturated carbocycles. The Morgan fingerprint density at radius 2 is 1.73 bits per heavy atom. The minimum Gasteiger partial charge on any atom is -0.493 e. The van der Waals surface area contributed by atoms with Crippen LogP contribution in [0, 0.1) is 6.92 Å². The first kappa shape index (κ1) is 21.5. The average molecular weight is 418 g/mol. The van der Waals surface area contributed by atoms with Gasteiger partial charge in [-0.3, -0.25) is 4.79 Å². The number of rotatable bonds is 5. The second-order valence-corrected chi connectivity index (χ2v) is 6.91. The molecule has 1 aliphatic heterocycles. The van der Waals surface area contributed by atoms with E-state index >= 15 is 0 Å². The van der Waals surface area contributed by atoms with Crippen LogP contribution in [0.2, 0.25) is 0 Å². The largest absolute Gasteiger partial charge is 0.493 e. The molecule has 0 unspecified atom stereocenters. The number of amides is 2. The van der Waals surface area contributed by atoms with Crippen LogP contribution in [-0.2, 0) is 16.0 Å². The first-order chi connectivity index (χ1) is 14.4. The van der Waals surface area contributed by atoms with Crippen molar-refractivity contribution in [2.75, 3.05) is 47.0 Å².